The summed E-state index contributed by atoms with van der Waals surface area (Å²) in [4.78, 5) is 23.2. The van der Waals surface area contributed by atoms with E-state index in [1.807, 2.05) is 13.8 Å². The second-order valence-electron chi connectivity index (χ2n) is 4.53. The normalized spacial score (nSPS) is 31.4. The highest BCUT2D eigenvalue weighted by Crippen LogP contribution is 2.53. The molecule has 0 aliphatic heterocycles. The monoisotopic (exact) mass is 230 g/mol. The van der Waals surface area contributed by atoms with Crippen LogP contribution in [-0.2, 0) is 23.8 Å². The van der Waals surface area contributed by atoms with Crippen molar-refractivity contribution in [2.75, 3.05) is 21.3 Å². The molecule has 1 saturated carbocycles. The van der Waals surface area contributed by atoms with E-state index in [-0.39, 0.29) is 6.10 Å². The molecule has 92 valence electrons. The summed E-state index contributed by atoms with van der Waals surface area (Å²) in [5.74, 6) is -1.90. The number of rotatable bonds is 3. The second kappa shape index (κ2) is 4.41. The van der Waals surface area contributed by atoms with E-state index < -0.39 is 29.2 Å². The van der Waals surface area contributed by atoms with Gasteiger partial charge in [0.2, 0.25) is 0 Å². The molecular weight excluding hydrogens is 212 g/mol. The summed E-state index contributed by atoms with van der Waals surface area (Å²) < 4.78 is 14.6. The lowest BCUT2D eigenvalue weighted by Crippen LogP contribution is -2.64. The van der Waals surface area contributed by atoms with E-state index in [0.717, 1.165) is 0 Å². The summed E-state index contributed by atoms with van der Waals surface area (Å²) in [7, 11) is 4.14. The summed E-state index contributed by atoms with van der Waals surface area (Å²) in [6.45, 7) is 3.75. The molecule has 0 aromatic heterocycles. The lowest BCUT2D eigenvalue weighted by atomic mass is 9.53. The van der Waals surface area contributed by atoms with Crippen molar-refractivity contribution in [1.82, 2.24) is 0 Å². The van der Waals surface area contributed by atoms with E-state index in [9.17, 15) is 9.59 Å². The zero-order chi connectivity index (χ0) is 12.5. The Hall–Kier alpha value is -1.10. The van der Waals surface area contributed by atoms with Crippen LogP contribution in [0.2, 0.25) is 0 Å². The molecule has 1 aliphatic carbocycles. The first-order valence-electron chi connectivity index (χ1n) is 5.10. The molecule has 0 amide bonds. The number of methoxy groups -OCH3 is 3. The molecule has 0 bridgehead atoms. The van der Waals surface area contributed by atoms with E-state index in [1.165, 1.54) is 21.3 Å². The van der Waals surface area contributed by atoms with E-state index in [1.54, 1.807) is 0 Å². The van der Waals surface area contributed by atoms with Gasteiger partial charge >= 0.3 is 11.9 Å². The van der Waals surface area contributed by atoms with E-state index in [2.05, 4.69) is 4.74 Å². The van der Waals surface area contributed by atoms with Crippen LogP contribution in [0.5, 0.6) is 0 Å². The topological polar surface area (TPSA) is 61.8 Å². The molecule has 0 spiro atoms. The minimum Gasteiger partial charge on any atom is -0.469 e. The summed E-state index contributed by atoms with van der Waals surface area (Å²) in [5.41, 5.74) is -0.416. The fourth-order valence-corrected chi connectivity index (χ4v) is 2.58. The van der Waals surface area contributed by atoms with Gasteiger partial charge in [-0.3, -0.25) is 9.59 Å². The quantitative estimate of drug-likeness (QED) is 0.665. The molecule has 0 heterocycles. The number of hydrogen-bond acceptors (Lipinski definition) is 5. The smallest absolute Gasteiger partial charge is 0.312 e. The molecule has 5 heteroatoms. The Labute approximate surface area is 95.0 Å². The predicted octanol–water partition coefficient (Wildman–Crippen LogP) is 0.620. The van der Waals surface area contributed by atoms with E-state index >= 15 is 0 Å². The molecule has 3 unspecified atom stereocenters. The third-order valence-electron chi connectivity index (χ3n) is 3.40. The summed E-state index contributed by atoms with van der Waals surface area (Å²) in [5, 5.41) is 0. The van der Waals surface area contributed by atoms with Crippen molar-refractivity contribution >= 4 is 11.9 Å². The lowest BCUT2D eigenvalue weighted by molar-refractivity contribution is -0.213. The van der Waals surface area contributed by atoms with Gasteiger partial charge in [-0.05, 0) is 0 Å². The van der Waals surface area contributed by atoms with Gasteiger partial charge < -0.3 is 14.2 Å². The van der Waals surface area contributed by atoms with Gasteiger partial charge in [0.25, 0.3) is 0 Å². The van der Waals surface area contributed by atoms with Crippen molar-refractivity contribution in [2.24, 2.45) is 17.3 Å². The first kappa shape index (κ1) is 13.0. The molecule has 0 aromatic rings. The Kier molecular flexibility index (Phi) is 3.57. The van der Waals surface area contributed by atoms with E-state index in [4.69, 9.17) is 9.47 Å². The fraction of sp³-hybridized carbons (Fsp3) is 0.818. The molecule has 16 heavy (non-hydrogen) atoms. The highest BCUT2D eigenvalue weighted by molar-refractivity contribution is 5.86. The molecule has 0 saturated heterocycles. The Morgan fingerprint density at radius 2 is 1.50 bits per heavy atom. The minimum atomic E-state index is -0.572. The number of ether oxygens (including phenoxy) is 3. The highest BCUT2D eigenvalue weighted by Gasteiger charge is 2.64. The van der Waals surface area contributed by atoms with Crippen molar-refractivity contribution in [3.63, 3.8) is 0 Å². The van der Waals surface area contributed by atoms with Crippen molar-refractivity contribution in [3.8, 4) is 0 Å². The average molecular weight is 230 g/mol. The lowest BCUT2D eigenvalue weighted by Gasteiger charge is -2.53. The van der Waals surface area contributed by atoms with Crippen molar-refractivity contribution in [3.05, 3.63) is 0 Å². The minimum absolute atomic E-state index is 0.316. The van der Waals surface area contributed by atoms with Crippen LogP contribution in [0, 0.1) is 17.3 Å². The van der Waals surface area contributed by atoms with Gasteiger partial charge in [-0.15, -0.1) is 0 Å². The molecule has 0 N–H and O–H groups in total. The van der Waals surface area contributed by atoms with Gasteiger partial charge in [0.05, 0.1) is 32.2 Å². The molecular formula is C11H18O5. The average Bonchev–Trinajstić information content (AvgIpc) is 2.25. The Morgan fingerprint density at radius 3 is 1.88 bits per heavy atom. The number of hydrogen-bond donors (Lipinski definition) is 0. The fourth-order valence-electron chi connectivity index (χ4n) is 2.58. The molecule has 3 atom stereocenters. The van der Waals surface area contributed by atoms with Gasteiger partial charge in [-0.1, -0.05) is 13.8 Å². The molecule has 5 nitrogen and oxygen atoms in total. The van der Waals surface area contributed by atoms with Crippen molar-refractivity contribution < 1.29 is 23.8 Å². The largest absolute Gasteiger partial charge is 0.469 e. The van der Waals surface area contributed by atoms with Crippen molar-refractivity contribution in [2.45, 2.75) is 20.0 Å². The van der Waals surface area contributed by atoms with Crippen LogP contribution in [0.3, 0.4) is 0 Å². The van der Waals surface area contributed by atoms with Crippen LogP contribution in [0.4, 0.5) is 0 Å². The summed E-state index contributed by atoms with van der Waals surface area (Å²) >= 11 is 0. The maximum absolute atomic E-state index is 11.6. The van der Waals surface area contributed by atoms with Crippen LogP contribution in [-0.4, -0.2) is 39.4 Å². The summed E-state index contributed by atoms with van der Waals surface area (Å²) in [6, 6.07) is 0. The molecule has 1 rings (SSSR count). The molecule has 1 aliphatic rings. The Bertz CT molecular complexity index is 297. The van der Waals surface area contributed by atoms with Crippen LogP contribution in [0.25, 0.3) is 0 Å². The Balaban J connectivity index is 2.95. The van der Waals surface area contributed by atoms with Crippen LogP contribution in [0.1, 0.15) is 13.8 Å². The zero-order valence-corrected chi connectivity index (χ0v) is 10.3. The third kappa shape index (κ3) is 1.69. The van der Waals surface area contributed by atoms with Crippen LogP contribution >= 0.6 is 0 Å². The zero-order valence-electron chi connectivity index (χ0n) is 10.3. The van der Waals surface area contributed by atoms with Gasteiger partial charge in [0, 0.05) is 12.5 Å². The summed E-state index contributed by atoms with van der Waals surface area (Å²) in [6.07, 6.45) is -0.316. The number of esters is 2. The van der Waals surface area contributed by atoms with Crippen LogP contribution in [0.15, 0.2) is 0 Å². The maximum atomic E-state index is 11.6. The molecule has 0 radical (unpaired) electrons. The molecule has 0 aromatic carbocycles. The van der Waals surface area contributed by atoms with Crippen molar-refractivity contribution in [1.29, 1.82) is 0 Å². The van der Waals surface area contributed by atoms with Gasteiger partial charge in [-0.2, -0.15) is 0 Å². The third-order valence-corrected chi connectivity index (χ3v) is 3.40. The van der Waals surface area contributed by atoms with Crippen LogP contribution < -0.4 is 0 Å². The van der Waals surface area contributed by atoms with Gasteiger partial charge in [0.15, 0.2) is 0 Å². The first-order valence-corrected chi connectivity index (χ1v) is 5.10. The van der Waals surface area contributed by atoms with Gasteiger partial charge in [-0.25, -0.2) is 0 Å². The number of carbonyl (C=O) groups excluding carboxylic acids is 2. The standard InChI is InChI=1S/C11H18O5/c1-11(2)7(10(13)16-5)6(8(11)14-3)9(12)15-4/h6-8H,1-5H3. The molecule has 1 fully saturated rings. The second-order valence-corrected chi connectivity index (χ2v) is 4.53. The first-order chi connectivity index (χ1) is 7.41. The SMILES string of the molecule is COC(=O)C1C(OC)C(C)(C)C1C(=O)OC. The maximum Gasteiger partial charge on any atom is 0.312 e. The highest BCUT2D eigenvalue weighted by atomic mass is 16.5. The predicted molar refractivity (Wildman–Crippen MR) is 55.6 cm³/mol. The number of carbonyl (C=O) groups is 2. The van der Waals surface area contributed by atoms with Gasteiger partial charge in [0.1, 0.15) is 0 Å². The van der Waals surface area contributed by atoms with E-state index in [0.29, 0.717) is 0 Å². The Morgan fingerprint density at radius 1 is 1.00 bits per heavy atom.